The molecule has 2 aromatic carbocycles. The van der Waals surface area contributed by atoms with Gasteiger partial charge in [0, 0.05) is 3.57 Å². The van der Waals surface area contributed by atoms with Crippen LogP contribution in [0.3, 0.4) is 0 Å². The first kappa shape index (κ1) is 16.9. The smallest absolute Gasteiger partial charge is 0.119 e. The second kappa shape index (κ2) is 9.53. The Morgan fingerprint density at radius 3 is 1.64 bits per heavy atom. The van der Waals surface area contributed by atoms with E-state index in [1.807, 2.05) is 48.5 Å². The first-order chi connectivity index (χ1) is 10.8. The van der Waals surface area contributed by atoms with Crippen molar-refractivity contribution in [2.45, 2.75) is 0 Å². The molecule has 0 N–H and O–H groups in total. The fourth-order valence-corrected chi connectivity index (χ4v) is 2.10. The van der Waals surface area contributed by atoms with Crippen LogP contribution in [0.1, 0.15) is 0 Å². The molecule has 22 heavy (non-hydrogen) atoms. The van der Waals surface area contributed by atoms with Crippen molar-refractivity contribution < 1.29 is 18.9 Å². The molecule has 0 amide bonds. The number of halogens is 1. The standard InChI is InChI=1S/C17H19IO4/c1-19-15-6-8-17(9-7-15)22-13-11-20-10-12-21-16-4-2-14(18)3-5-16/h2-9H,10-13H2,1H3. The Hall–Kier alpha value is -1.47. The van der Waals surface area contributed by atoms with Crippen molar-refractivity contribution in [2.75, 3.05) is 33.5 Å². The van der Waals surface area contributed by atoms with E-state index in [0.29, 0.717) is 26.4 Å². The van der Waals surface area contributed by atoms with Crippen LogP contribution in [0.15, 0.2) is 48.5 Å². The van der Waals surface area contributed by atoms with Gasteiger partial charge in [-0.1, -0.05) is 0 Å². The maximum atomic E-state index is 5.57. The highest BCUT2D eigenvalue weighted by Gasteiger charge is 1.96. The lowest BCUT2D eigenvalue weighted by Gasteiger charge is -2.09. The Kier molecular flexibility index (Phi) is 7.32. The first-order valence-electron chi connectivity index (χ1n) is 7.01. The van der Waals surface area contributed by atoms with E-state index < -0.39 is 0 Å². The van der Waals surface area contributed by atoms with E-state index >= 15 is 0 Å². The third-order valence-corrected chi connectivity index (χ3v) is 3.59. The van der Waals surface area contributed by atoms with Crippen LogP contribution < -0.4 is 14.2 Å². The lowest BCUT2D eigenvalue weighted by molar-refractivity contribution is 0.0764. The Balaban J connectivity index is 1.52. The fraction of sp³-hybridized carbons (Fsp3) is 0.294. The molecule has 0 aliphatic rings. The second-order valence-corrected chi connectivity index (χ2v) is 5.68. The fourth-order valence-electron chi connectivity index (χ4n) is 1.74. The van der Waals surface area contributed by atoms with Crippen molar-refractivity contribution in [3.63, 3.8) is 0 Å². The molecule has 0 heterocycles. The Labute approximate surface area is 144 Å². The predicted octanol–water partition coefficient (Wildman–Crippen LogP) is 3.77. The molecule has 118 valence electrons. The molecule has 5 heteroatoms. The van der Waals surface area contributed by atoms with Gasteiger partial charge in [0.25, 0.3) is 0 Å². The van der Waals surface area contributed by atoms with Gasteiger partial charge in [0.05, 0.1) is 20.3 Å². The minimum absolute atomic E-state index is 0.510. The van der Waals surface area contributed by atoms with Crippen LogP contribution in [-0.4, -0.2) is 33.5 Å². The maximum absolute atomic E-state index is 5.57. The van der Waals surface area contributed by atoms with Crippen molar-refractivity contribution in [1.29, 1.82) is 0 Å². The quantitative estimate of drug-likeness (QED) is 0.463. The summed E-state index contributed by atoms with van der Waals surface area (Å²) >= 11 is 2.26. The lowest BCUT2D eigenvalue weighted by Crippen LogP contribution is -2.12. The average Bonchev–Trinajstić information content (AvgIpc) is 2.56. The molecule has 0 saturated heterocycles. The van der Waals surface area contributed by atoms with Gasteiger partial charge in [-0.2, -0.15) is 0 Å². The van der Waals surface area contributed by atoms with E-state index in [-0.39, 0.29) is 0 Å². The SMILES string of the molecule is COc1ccc(OCCOCCOc2ccc(I)cc2)cc1. The highest BCUT2D eigenvalue weighted by molar-refractivity contribution is 14.1. The summed E-state index contributed by atoms with van der Waals surface area (Å²) in [6, 6.07) is 15.4. The zero-order chi connectivity index (χ0) is 15.6. The van der Waals surface area contributed by atoms with Gasteiger partial charge in [-0.05, 0) is 71.1 Å². The monoisotopic (exact) mass is 414 g/mol. The van der Waals surface area contributed by atoms with Crippen molar-refractivity contribution in [3.8, 4) is 17.2 Å². The molecule has 0 atom stereocenters. The Morgan fingerprint density at radius 1 is 0.682 bits per heavy atom. The predicted molar refractivity (Wildman–Crippen MR) is 94.0 cm³/mol. The van der Waals surface area contributed by atoms with Gasteiger partial charge >= 0.3 is 0 Å². The third-order valence-electron chi connectivity index (χ3n) is 2.87. The van der Waals surface area contributed by atoms with Gasteiger partial charge in [-0.25, -0.2) is 0 Å². The Bertz CT molecular complexity index is 540. The van der Waals surface area contributed by atoms with E-state index in [4.69, 9.17) is 18.9 Å². The molecule has 0 aromatic heterocycles. The average molecular weight is 414 g/mol. The van der Waals surface area contributed by atoms with Crippen LogP contribution >= 0.6 is 22.6 Å². The maximum Gasteiger partial charge on any atom is 0.119 e. The number of hydrogen-bond donors (Lipinski definition) is 0. The molecule has 2 aromatic rings. The van der Waals surface area contributed by atoms with Crippen LogP contribution in [0.25, 0.3) is 0 Å². The molecular weight excluding hydrogens is 395 g/mol. The molecule has 0 saturated carbocycles. The highest BCUT2D eigenvalue weighted by atomic mass is 127. The molecule has 0 spiro atoms. The molecule has 0 unspecified atom stereocenters. The van der Waals surface area contributed by atoms with Crippen molar-refractivity contribution in [2.24, 2.45) is 0 Å². The van der Waals surface area contributed by atoms with E-state index in [1.54, 1.807) is 7.11 Å². The van der Waals surface area contributed by atoms with Crippen molar-refractivity contribution in [1.82, 2.24) is 0 Å². The van der Waals surface area contributed by atoms with E-state index in [9.17, 15) is 0 Å². The number of rotatable bonds is 9. The zero-order valence-electron chi connectivity index (χ0n) is 12.5. The molecule has 0 aliphatic heterocycles. The van der Waals surface area contributed by atoms with E-state index in [2.05, 4.69) is 22.6 Å². The molecule has 0 radical (unpaired) electrons. The van der Waals surface area contributed by atoms with Gasteiger partial charge < -0.3 is 18.9 Å². The largest absolute Gasteiger partial charge is 0.497 e. The number of benzene rings is 2. The molecule has 2 rings (SSSR count). The summed E-state index contributed by atoms with van der Waals surface area (Å²) in [6.45, 7) is 2.11. The minimum Gasteiger partial charge on any atom is -0.497 e. The normalized spacial score (nSPS) is 10.3. The highest BCUT2D eigenvalue weighted by Crippen LogP contribution is 2.16. The summed E-state index contributed by atoms with van der Waals surface area (Å²) in [5.41, 5.74) is 0. The molecule has 0 fully saturated rings. The van der Waals surface area contributed by atoms with Crippen LogP contribution in [0.4, 0.5) is 0 Å². The number of hydrogen-bond acceptors (Lipinski definition) is 4. The summed E-state index contributed by atoms with van der Waals surface area (Å²) in [5.74, 6) is 2.48. The molecule has 0 aliphatic carbocycles. The summed E-state index contributed by atoms with van der Waals surface area (Å²) in [5, 5.41) is 0. The van der Waals surface area contributed by atoms with Gasteiger partial charge in [0.2, 0.25) is 0 Å². The lowest BCUT2D eigenvalue weighted by atomic mass is 10.3. The second-order valence-electron chi connectivity index (χ2n) is 4.44. The van der Waals surface area contributed by atoms with Crippen LogP contribution in [0.5, 0.6) is 17.2 Å². The van der Waals surface area contributed by atoms with Crippen LogP contribution in [0, 0.1) is 3.57 Å². The van der Waals surface area contributed by atoms with E-state index in [0.717, 1.165) is 17.2 Å². The Morgan fingerprint density at radius 2 is 1.14 bits per heavy atom. The summed E-state index contributed by atoms with van der Waals surface area (Å²) in [4.78, 5) is 0. The van der Waals surface area contributed by atoms with Crippen molar-refractivity contribution in [3.05, 3.63) is 52.1 Å². The van der Waals surface area contributed by atoms with Crippen molar-refractivity contribution >= 4 is 22.6 Å². The van der Waals surface area contributed by atoms with Crippen LogP contribution in [-0.2, 0) is 4.74 Å². The van der Waals surface area contributed by atoms with Gasteiger partial charge in [-0.3, -0.25) is 0 Å². The summed E-state index contributed by atoms with van der Waals surface area (Å²) in [6.07, 6.45) is 0. The molecular formula is C17H19IO4. The van der Waals surface area contributed by atoms with E-state index in [1.165, 1.54) is 3.57 Å². The minimum atomic E-state index is 0.510. The topological polar surface area (TPSA) is 36.9 Å². The molecule has 4 nitrogen and oxygen atoms in total. The third kappa shape index (κ3) is 6.11. The summed E-state index contributed by atoms with van der Waals surface area (Å²) < 4.78 is 22.9. The van der Waals surface area contributed by atoms with Gasteiger partial charge in [-0.15, -0.1) is 0 Å². The van der Waals surface area contributed by atoms with Gasteiger partial charge in [0.1, 0.15) is 30.5 Å². The van der Waals surface area contributed by atoms with Gasteiger partial charge in [0.15, 0.2) is 0 Å². The molecule has 0 bridgehead atoms. The summed E-state index contributed by atoms with van der Waals surface area (Å²) in [7, 11) is 1.64. The number of ether oxygens (including phenoxy) is 4. The first-order valence-corrected chi connectivity index (χ1v) is 8.09. The van der Waals surface area contributed by atoms with Crippen LogP contribution in [0.2, 0.25) is 0 Å². The number of methoxy groups -OCH3 is 1. The zero-order valence-corrected chi connectivity index (χ0v) is 14.6.